The molecule has 270 valence electrons. The van der Waals surface area contributed by atoms with Gasteiger partial charge in [-0.05, 0) is 93.6 Å². The molecular weight excluding hydrogens is 671 g/mol. The fourth-order valence-corrected chi connectivity index (χ4v) is 6.13. The van der Waals surface area contributed by atoms with E-state index in [9.17, 15) is 45.1 Å². The number of carbonyl (C=O) groups excluding carboxylic acids is 3. The first-order valence-corrected chi connectivity index (χ1v) is 15.7. The zero-order valence-electron chi connectivity index (χ0n) is 28.8. The summed E-state index contributed by atoms with van der Waals surface area (Å²) in [6, 6.07) is 6.51. The monoisotopic (exact) mass is 709 g/mol. The average molecular weight is 710 g/mol. The Morgan fingerprint density at radius 1 is 0.960 bits per heavy atom. The molecule has 14 heteroatoms. The molecule has 2 aromatic carbocycles. The summed E-state index contributed by atoms with van der Waals surface area (Å²) >= 11 is 0. The van der Waals surface area contributed by atoms with Crippen molar-refractivity contribution in [3.63, 3.8) is 0 Å². The van der Waals surface area contributed by atoms with Crippen LogP contribution in [0.5, 0.6) is 0 Å². The number of benzene rings is 2. The average Bonchev–Trinajstić information content (AvgIpc) is 3.25. The Balaban J connectivity index is 1.83. The molecule has 2 heterocycles. The number of amides is 3. The zero-order valence-corrected chi connectivity index (χ0v) is 28.8. The number of imide groups is 1. The summed E-state index contributed by atoms with van der Waals surface area (Å²) in [6.45, 7) is 11.2. The molecule has 1 unspecified atom stereocenters. The third kappa shape index (κ3) is 7.48. The molecule has 0 spiro atoms. The Bertz CT molecular complexity index is 1780. The van der Waals surface area contributed by atoms with Gasteiger partial charge in [-0.15, -0.1) is 0 Å². The molecular formula is C36H38F7N3O4. The van der Waals surface area contributed by atoms with Gasteiger partial charge in [0, 0.05) is 30.6 Å². The molecule has 0 N–H and O–H groups in total. The van der Waals surface area contributed by atoms with Crippen molar-refractivity contribution in [2.75, 3.05) is 18.6 Å². The van der Waals surface area contributed by atoms with Crippen LogP contribution in [0.15, 0.2) is 48.7 Å². The minimum absolute atomic E-state index is 0.00771. The minimum atomic E-state index is -5.12. The van der Waals surface area contributed by atoms with E-state index in [1.54, 1.807) is 26.8 Å². The van der Waals surface area contributed by atoms with Crippen LogP contribution < -0.4 is 4.90 Å². The number of likely N-dealkylation sites (tertiary alicyclic amines) is 1. The van der Waals surface area contributed by atoms with E-state index in [-0.39, 0.29) is 30.7 Å². The van der Waals surface area contributed by atoms with Crippen LogP contribution in [0.3, 0.4) is 0 Å². The smallest absolute Gasteiger partial charge is 0.417 e. The highest BCUT2D eigenvalue weighted by molar-refractivity contribution is 6.03. The van der Waals surface area contributed by atoms with Gasteiger partial charge in [-0.3, -0.25) is 14.6 Å². The Labute approximate surface area is 285 Å². The summed E-state index contributed by atoms with van der Waals surface area (Å²) in [4.78, 5) is 46.9. The molecule has 7 nitrogen and oxygen atoms in total. The van der Waals surface area contributed by atoms with Gasteiger partial charge in [-0.25, -0.2) is 14.1 Å². The SMILES string of the molecule is Cc1cc(F)ccc1-c1cc(C2CC(=O)N(C(=O)OCC(C)C)C2(C)C)ncc1N(C)C(=O)C(C)(C)c1cc(C(F)(F)F)cc(C(F)(F)F)c1. The van der Waals surface area contributed by atoms with E-state index in [1.807, 2.05) is 13.8 Å². The van der Waals surface area contributed by atoms with Crippen molar-refractivity contribution in [1.82, 2.24) is 9.88 Å². The van der Waals surface area contributed by atoms with Crippen LogP contribution >= 0.6 is 0 Å². The summed E-state index contributed by atoms with van der Waals surface area (Å²) in [5.74, 6) is -2.53. The Morgan fingerprint density at radius 3 is 2.04 bits per heavy atom. The van der Waals surface area contributed by atoms with Gasteiger partial charge in [-0.1, -0.05) is 19.9 Å². The van der Waals surface area contributed by atoms with Crippen molar-refractivity contribution in [3.8, 4) is 11.1 Å². The second-order valence-corrected chi connectivity index (χ2v) is 14.0. The van der Waals surface area contributed by atoms with Crippen molar-refractivity contribution >= 4 is 23.6 Å². The highest BCUT2D eigenvalue weighted by atomic mass is 19.4. The number of hydrogen-bond acceptors (Lipinski definition) is 5. The summed E-state index contributed by atoms with van der Waals surface area (Å²) in [5.41, 5.74) is -5.01. The van der Waals surface area contributed by atoms with Crippen LogP contribution in [-0.4, -0.2) is 47.0 Å². The molecule has 1 saturated heterocycles. The maximum absolute atomic E-state index is 14.2. The molecule has 1 aliphatic heterocycles. The number of carbonyl (C=O) groups is 3. The van der Waals surface area contributed by atoms with Crippen molar-refractivity contribution in [2.45, 2.75) is 84.1 Å². The van der Waals surface area contributed by atoms with E-state index >= 15 is 0 Å². The van der Waals surface area contributed by atoms with E-state index < -0.39 is 69.6 Å². The number of halogens is 7. The third-order valence-electron chi connectivity index (χ3n) is 9.03. The fraction of sp³-hybridized carbons (Fsp3) is 0.444. The van der Waals surface area contributed by atoms with E-state index in [0.717, 1.165) is 9.80 Å². The van der Waals surface area contributed by atoms with Crippen molar-refractivity contribution < 1.29 is 49.9 Å². The Morgan fingerprint density at radius 2 is 1.52 bits per heavy atom. The van der Waals surface area contributed by atoms with E-state index in [1.165, 1.54) is 45.3 Å². The van der Waals surface area contributed by atoms with Gasteiger partial charge < -0.3 is 9.64 Å². The zero-order chi connectivity index (χ0) is 37.7. The first kappa shape index (κ1) is 38.3. The van der Waals surface area contributed by atoms with Gasteiger partial charge in [0.1, 0.15) is 5.82 Å². The largest absolute Gasteiger partial charge is 0.449 e. The lowest BCUT2D eigenvalue weighted by atomic mass is 9.81. The molecule has 1 fully saturated rings. The van der Waals surface area contributed by atoms with Gasteiger partial charge in [0.2, 0.25) is 11.8 Å². The van der Waals surface area contributed by atoms with Crippen LogP contribution in [0.1, 0.15) is 81.8 Å². The molecule has 0 saturated carbocycles. The topological polar surface area (TPSA) is 79.8 Å². The first-order valence-electron chi connectivity index (χ1n) is 15.7. The molecule has 0 aliphatic carbocycles. The summed E-state index contributed by atoms with van der Waals surface area (Å²) in [5, 5.41) is 0. The van der Waals surface area contributed by atoms with Crippen LogP contribution in [0.2, 0.25) is 0 Å². The maximum atomic E-state index is 14.2. The third-order valence-corrected chi connectivity index (χ3v) is 9.03. The van der Waals surface area contributed by atoms with E-state index in [0.29, 0.717) is 34.5 Å². The lowest BCUT2D eigenvalue weighted by Crippen LogP contribution is -2.47. The van der Waals surface area contributed by atoms with Gasteiger partial charge in [0.15, 0.2) is 0 Å². The predicted molar refractivity (Wildman–Crippen MR) is 172 cm³/mol. The van der Waals surface area contributed by atoms with Gasteiger partial charge in [0.05, 0.1) is 40.6 Å². The number of rotatable bonds is 7. The van der Waals surface area contributed by atoms with Crippen molar-refractivity contribution in [2.24, 2.45) is 5.92 Å². The van der Waals surface area contributed by atoms with Gasteiger partial charge in [-0.2, -0.15) is 26.3 Å². The number of pyridine rings is 1. The number of likely N-dealkylation sites (N-methyl/N-ethyl adjacent to an activating group) is 1. The molecule has 1 aromatic heterocycles. The number of anilines is 1. The lowest BCUT2D eigenvalue weighted by molar-refractivity contribution is -0.143. The highest BCUT2D eigenvalue weighted by Gasteiger charge is 2.51. The molecule has 0 bridgehead atoms. The molecule has 50 heavy (non-hydrogen) atoms. The number of aromatic nitrogens is 1. The first-order chi connectivity index (χ1) is 22.9. The van der Waals surface area contributed by atoms with Gasteiger partial charge >= 0.3 is 18.4 Å². The second kappa shape index (κ2) is 13.3. The molecule has 4 rings (SSSR count). The maximum Gasteiger partial charge on any atom is 0.417 e. The van der Waals surface area contributed by atoms with Crippen LogP contribution in [-0.2, 0) is 32.1 Å². The molecule has 1 aliphatic rings. The van der Waals surface area contributed by atoms with E-state index in [2.05, 4.69) is 4.98 Å². The molecule has 1 atom stereocenters. The van der Waals surface area contributed by atoms with Crippen molar-refractivity contribution in [1.29, 1.82) is 0 Å². The van der Waals surface area contributed by atoms with Crippen molar-refractivity contribution in [3.05, 3.63) is 82.4 Å². The van der Waals surface area contributed by atoms with E-state index in [4.69, 9.17) is 4.74 Å². The quantitative estimate of drug-likeness (QED) is 0.229. The highest BCUT2D eigenvalue weighted by Crippen LogP contribution is 2.45. The normalized spacial score (nSPS) is 16.6. The van der Waals surface area contributed by atoms with Crippen LogP contribution in [0.4, 0.5) is 41.2 Å². The minimum Gasteiger partial charge on any atom is -0.449 e. The number of hydrogen-bond donors (Lipinski definition) is 0. The van der Waals surface area contributed by atoms with Crippen LogP contribution in [0, 0.1) is 18.7 Å². The predicted octanol–water partition coefficient (Wildman–Crippen LogP) is 9.06. The summed E-state index contributed by atoms with van der Waals surface area (Å²) in [7, 11) is 1.30. The molecule has 3 amide bonds. The summed E-state index contributed by atoms with van der Waals surface area (Å²) < 4.78 is 102. The standard InChI is InChI=1S/C36H38F7N3O4/c1-19(2)18-50-32(49)46-30(47)16-27(34(46,6)7)28-15-26(25-10-9-24(37)11-20(25)3)29(17-44-28)45(8)31(48)33(4,5)21-12-22(35(38,39)40)14-23(13-21)36(41,42)43/h9-15,17,19,27H,16,18H2,1-8H3. The second-order valence-electron chi connectivity index (χ2n) is 14.0. The van der Waals surface area contributed by atoms with Crippen LogP contribution in [0.25, 0.3) is 11.1 Å². The Hall–Kier alpha value is -4.49. The fourth-order valence-electron chi connectivity index (χ4n) is 6.13. The summed E-state index contributed by atoms with van der Waals surface area (Å²) in [6.07, 6.45) is -9.86. The number of nitrogens with zero attached hydrogens (tertiary/aromatic N) is 3. The Kier molecular flexibility index (Phi) is 10.2. The molecule has 3 aromatic rings. The van der Waals surface area contributed by atoms with Gasteiger partial charge in [0.25, 0.3) is 0 Å². The number of aryl methyl sites for hydroxylation is 1. The number of alkyl halides is 6. The lowest BCUT2D eigenvalue weighted by Gasteiger charge is -2.34. The molecule has 0 radical (unpaired) electrons. The number of ether oxygens (including phenoxy) is 1.